The lowest BCUT2D eigenvalue weighted by atomic mass is 10.2. The number of rotatable bonds is 7. The van der Waals surface area contributed by atoms with Gasteiger partial charge >= 0.3 is 0 Å². The Kier molecular flexibility index (Phi) is 8.84. The van der Waals surface area contributed by atoms with Gasteiger partial charge in [0, 0.05) is 34.3 Å². The molecule has 1 aromatic carbocycles. The first kappa shape index (κ1) is 20.2. The Hall–Kier alpha value is -0.880. The molecule has 1 aromatic heterocycles. The largest absolute Gasteiger partial charge is 1.00 e. The van der Waals surface area contributed by atoms with Crippen LogP contribution < -0.4 is 17.7 Å². The summed E-state index contributed by atoms with van der Waals surface area (Å²) in [6, 6.07) is 6.70. The average Bonchev–Trinajstić information content (AvgIpc) is 2.44. The summed E-state index contributed by atoms with van der Waals surface area (Å²) < 4.78 is 13.6. The first-order valence-electron chi connectivity index (χ1n) is 7.15. The zero-order valence-corrected chi connectivity index (χ0v) is 15.4. The number of halogens is 3. The number of nitrogens with zero attached hydrogens (tertiary/aromatic N) is 2. The molecule has 0 unspecified atom stereocenters. The van der Waals surface area contributed by atoms with Crippen LogP contribution in [0.4, 0.5) is 4.39 Å². The van der Waals surface area contributed by atoms with Gasteiger partial charge in [-0.05, 0) is 45.0 Å². The number of benzene rings is 1. The summed E-state index contributed by atoms with van der Waals surface area (Å²) in [5, 5.41) is 4.49. The fraction of sp³-hybridized carbons (Fsp3) is 0.375. The van der Waals surface area contributed by atoms with Crippen molar-refractivity contribution < 1.29 is 16.8 Å². The Balaban J connectivity index is 0.00000264. The van der Waals surface area contributed by atoms with Gasteiger partial charge in [0.15, 0.2) is 5.16 Å². The molecule has 0 fully saturated rings. The molecule has 0 radical (unpaired) electrons. The van der Waals surface area contributed by atoms with Crippen molar-refractivity contribution in [3.05, 3.63) is 52.1 Å². The minimum atomic E-state index is -0.266. The van der Waals surface area contributed by atoms with Gasteiger partial charge in [0.1, 0.15) is 5.82 Å². The van der Waals surface area contributed by atoms with Crippen molar-refractivity contribution in [2.24, 2.45) is 0 Å². The van der Waals surface area contributed by atoms with Crippen LogP contribution in [0.2, 0.25) is 5.02 Å². The predicted octanol–water partition coefficient (Wildman–Crippen LogP) is 1.16. The van der Waals surface area contributed by atoms with Crippen molar-refractivity contribution in [3.8, 4) is 0 Å². The van der Waals surface area contributed by atoms with E-state index in [1.807, 2.05) is 19.9 Å². The number of thioether (sulfide) groups is 1. The summed E-state index contributed by atoms with van der Waals surface area (Å²) >= 11 is 7.62. The molecule has 0 aliphatic heterocycles. The molecule has 1 N–H and O–H groups in total. The molecular formula is C16H19Cl2FN3S-. The van der Waals surface area contributed by atoms with Crippen molar-refractivity contribution in [1.29, 1.82) is 0 Å². The monoisotopic (exact) mass is 374 g/mol. The van der Waals surface area contributed by atoms with Gasteiger partial charge in [-0.15, -0.1) is 0 Å². The van der Waals surface area contributed by atoms with Crippen molar-refractivity contribution in [2.45, 2.75) is 32.0 Å². The first-order chi connectivity index (χ1) is 10.6. The molecule has 2 aromatic rings. The summed E-state index contributed by atoms with van der Waals surface area (Å²) in [7, 11) is 0. The van der Waals surface area contributed by atoms with Crippen molar-refractivity contribution in [2.75, 3.05) is 12.3 Å². The zero-order chi connectivity index (χ0) is 15.9. The van der Waals surface area contributed by atoms with Gasteiger partial charge in [-0.25, -0.2) is 14.4 Å². The van der Waals surface area contributed by atoms with E-state index in [0.29, 0.717) is 17.1 Å². The molecule has 0 saturated heterocycles. The third-order valence-electron chi connectivity index (χ3n) is 3.05. The number of hydrogen-bond acceptors (Lipinski definition) is 4. The smallest absolute Gasteiger partial charge is 0.187 e. The van der Waals surface area contributed by atoms with Gasteiger partial charge in [-0.3, -0.25) is 0 Å². The highest BCUT2D eigenvalue weighted by Gasteiger charge is 2.06. The minimum absolute atomic E-state index is 0. The maximum absolute atomic E-state index is 13.6. The summed E-state index contributed by atoms with van der Waals surface area (Å²) in [6.45, 7) is 5.18. The standard InChI is InChI=1S/C16H19ClFN3S.ClH/c1-11-9-12(2)21-16(20-11)22-8-4-7-19-10-13-14(17)5-3-6-15(13)18;/h3,5-6,9,19H,4,7-8,10H2,1-2H3;1H/p-1. The molecule has 0 amide bonds. The molecule has 2 rings (SSSR count). The molecule has 0 saturated carbocycles. The van der Waals surface area contributed by atoms with Gasteiger partial charge in [0.2, 0.25) is 0 Å². The SMILES string of the molecule is Cc1cc(C)nc(SCCCNCc2c(F)cccc2Cl)n1.[Cl-]. The Morgan fingerprint density at radius 1 is 1.22 bits per heavy atom. The van der Waals surface area contributed by atoms with Crippen LogP contribution in [-0.2, 0) is 6.54 Å². The van der Waals surface area contributed by atoms with E-state index in [0.717, 1.165) is 35.3 Å². The fourth-order valence-corrected chi connectivity index (χ4v) is 3.15. The molecule has 126 valence electrons. The minimum Gasteiger partial charge on any atom is -1.00 e. The van der Waals surface area contributed by atoms with Crippen LogP contribution >= 0.6 is 23.4 Å². The van der Waals surface area contributed by atoms with E-state index < -0.39 is 0 Å². The van der Waals surface area contributed by atoms with Crippen LogP contribution in [0.15, 0.2) is 29.4 Å². The number of hydrogen-bond donors (Lipinski definition) is 1. The van der Waals surface area contributed by atoms with Crippen LogP contribution in [0.1, 0.15) is 23.4 Å². The molecule has 0 bridgehead atoms. The molecular weight excluding hydrogens is 356 g/mol. The van der Waals surface area contributed by atoms with E-state index in [4.69, 9.17) is 11.6 Å². The third kappa shape index (κ3) is 6.63. The molecule has 1 heterocycles. The fourth-order valence-electron chi connectivity index (χ4n) is 2.03. The lowest BCUT2D eigenvalue weighted by Gasteiger charge is -2.08. The molecule has 23 heavy (non-hydrogen) atoms. The van der Waals surface area contributed by atoms with Crippen LogP contribution in [0.5, 0.6) is 0 Å². The average molecular weight is 375 g/mol. The van der Waals surface area contributed by atoms with Gasteiger partial charge in [-0.1, -0.05) is 29.4 Å². The molecule has 0 atom stereocenters. The topological polar surface area (TPSA) is 37.8 Å². The molecule has 0 aliphatic rings. The van der Waals surface area contributed by atoms with Gasteiger partial charge in [0.25, 0.3) is 0 Å². The highest BCUT2D eigenvalue weighted by atomic mass is 35.5. The Bertz CT molecular complexity index is 600. The lowest BCUT2D eigenvalue weighted by Crippen LogP contribution is -3.00. The van der Waals surface area contributed by atoms with Crippen LogP contribution in [0, 0.1) is 19.7 Å². The van der Waals surface area contributed by atoms with Crippen LogP contribution in [0.25, 0.3) is 0 Å². The Morgan fingerprint density at radius 2 is 1.91 bits per heavy atom. The second-order valence-electron chi connectivity index (χ2n) is 5.01. The maximum Gasteiger partial charge on any atom is 0.187 e. The summed E-state index contributed by atoms with van der Waals surface area (Å²) in [5.74, 6) is 0.652. The lowest BCUT2D eigenvalue weighted by molar-refractivity contribution is -0.00000533. The Labute approximate surface area is 151 Å². The highest BCUT2D eigenvalue weighted by molar-refractivity contribution is 7.99. The van der Waals surface area contributed by atoms with Gasteiger partial charge < -0.3 is 17.7 Å². The van der Waals surface area contributed by atoms with Crippen molar-refractivity contribution >= 4 is 23.4 Å². The molecule has 3 nitrogen and oxygen atoms in total. The van der Waals surface area contributed by atoms with Crippen molar-refractivity contribution in [3.63, 3.8) is 0 Å². The van der Waals surface area contributed by atoms with Gasteiger partial charge in [-0.2, -0.15) is 0 Å². The number of nitrogens with one attached hydrogen (secondary N) is 1. The quantitative estimate of drug-likeness (QED) is 0.448. The zero-order valence-electron chi connectivity index (χ0n) is 13.1. The second kappa shape index (κ2) is 10.1. The van der Waals surface area contributed by atoms with E-state index in [-0.39, 0.29) is 18.2 Å². The van der Waals surface area contributed by atoms with Crippen LogP contribution in [0.3, 0.4) is 0 Å². The molecule has 0 aliphatic carbocycles. The van der Waals surface area contributed by atoms with Crippen LogP contribution in [-0.4, -0.2) is 22.3 Å². The maximum atomic E-state index is 13.6. The normalized spacial score (nSPS) is 10.4. The summed E-state index contributed by atoms with van der Waals surface area (Å²) in [5.41, 5.74) is 2.50. The molecule has 7 heteroatoms. The van der Waals surface area contributed by atoms with Gasteiger partial charge in [0.05, 0.1) is 0 Å². The predicted molar refractivity (Wildman–Crippen MR) is 90.0 cm³/mol. The number of aryl methyl sites for hydroxylation is 2. The number of aromatic nitrogens is 2. The second-order valence-corrected chi connectivity index (χ2v) is 6.48. The van der Waals surface area contributed by atoms with E-state index >= 15 is 0 Å². The first-order valence-corrected chi connectivity index (χ1v) is 8.51. The summed E-state index contributed by atoms with van der Waals surface area (Å²) in [6.07, 6.45) is 0.951. The third-order valence-corrected chi connectivity index (χ3v) is 4.34. The van der Waals surface area contributed by atoms with E-state index in [1.54, 1.807) is 23.9 Å². The molecule has 0 spiro atoms. The van der Waals surface area contributed by atoms with Crippen molar-refractivity contribution in [1.82, 2.24) is 15.3 Å². The van der Waals surface area contributed by atoms with E-state index in [1.165, 1.54) is 6.07 Å². The van der Waals surface area contributed by atoms with E-state index in [2.05, 4.69) is 15.3 Å². The Morgan fingerprint density at radius 3 is 2.57 bits per heavy atom. The summed E-state index contributed by atoms with van der Waals surface area (Å²) in [4.78, 5) is 8.77. The highest BCUT2D eigenvalue weighted by Crippen LogP contribution is 2.18. The van der Waals surface area contributed by atoms with E-state index in [9.17, 15) is 4.39 Å².